The van der Waals surface area contributed by atoms with Crippen molar-refractivity contribution in [1.82, 2.24) is 0 Å². The van der Waals surface area contributed by atoms with Gasteiger partial charge in [-0.25, -0.2) is 9.13 Å². The lowest BCUT2D eigenvalue weighted by Crippen LogP contribution is -2.30. The third-order valence-electron chi connectivity index (χ3n) is 20.3. The number of phosphoric ester groups is 2. The molecule has 0 bridgehead atoms. The molecule has 618 valence electrons. The molecule has 3 N–H and O–H groups in total. The summed E-state index contributed by atoms with van der Waals surface area (Å²) >= 11 is 0. The molecule has 0 aromatic carbocycles. The van der Waals surface area contributed by atoms with Gasteiger partial charge in [0.05, 0.1) is 26.4 Å². The van der Waals surface area contributed by atoms with Crippen molar-refractivity contribution in [2.24, 2.45) is 11.8 Å². The van der Waals surface area contributed by atoms with Crippen molar-refractivity contribution in [3.8, 4) is 0 Å². The molecule has 0 spiro atoms. The van der Waals surface area contributed by atoms with Crippen LogP contribution < -0.4 is 0 Å². The van der Waals surface area contributed by atoms with E-state index < -0.39 is 97.5 Å². The number of carbonyl (C=O) groups is 4. The van der Waals surface area contributed by atoms with Crippen LogP contribution in [0.4, 0.5) is 0 Å². The molecule has 0 radical (unpaired) electrons. The number of rotatable bonds is 84. The summed E-state index contributed by atoms with van der Waals surface area (Å²) in [5.74, 6) is -0.686. The van der Waals surface area contributed by atoms with Gasteiger partial charge in [0.25, 0.3) is 0 Å². The van der Waals surface area contributed by atoms with Crippen molar-refractivity contribution >= 4 is 39.5 Å². The molecule has 0 amide bonds. The number of esters is 4. The van der Waals surface area contributed by atoms with E-state index in [4.69, 9.17) is 37.0 Å². The fourth-order valence-corrected chi connectivity index (χ4v) is 14.8. The fraction of sp³-hybridized carbons (Fsp3) is 0.953. The minimum atomic E-state index is -4.96. The molecule has 0 aliphatic rings. The van der Waals surface area contributed by atoms with Crippen molar-refractivity contribution in [3.63, 3.8) is 0 Å². The van der Waals surface area contributed by atoms with Gasteiger partial charge in [0.15, 0.2) is 12.2 Å². The second kappa shape index (κ2) is 76.4. The highest BCUT2D eigenvalue weighted by molar-refractivity contribution is 7.47. The summed E-state index contributed by atoms with van der Waals surface area (Å²) in [5, 5.41) is 10.6. The molecule has 0 rings (SSSR count). The van der Waals surface area contributed by atoms with Crippen molar-refractivity contribution < 1.29 is 80.2 Å². The summed E-state index contributed by atoms with van der Waals surface area (Å²) in [7, 11) is -9.92. The number of ether oxygens (including phenoxy) is 4. The zero-order valence-corrected chi connectivity index (χ0v) is 70.1. The van der Waals surface area contributed by atoms with Crippen LogP contribution in [0.1, 0.15) is 452 Å². The van der Waals surface area contributed by atoms with Crippen molar-refractivity contribution in [1.29, 1.82) is 0 Å². The Morgan fingerprint density at radius 1 is 0.279 bits per heavy atom. The fourth-order valence-electron chi connectivity index (χ4n) is 13.2. The van der Waals surface area contributed by atoms with E-state index in [9.17, 15) is 43.2 Å². The standard InChI is InChI=1S/C85H166O17P2/c1-7-10-12-14-16-18-20-22-24-26-28-30-32-34-36-38-40-42-44-48-55-61-67-82(87)95-73-80(101-84(89)69-63-57-49-45-43-41-39-37-35-33-31-29-27-25-23-21-19-17-15-13-11-8-2)75-99-103(91,92)97-71-79(86)72-98-104(93,94)100-76-81(102-85(90)70-64-58-50-46-47-53-59-65-77(4)5)74-96-83(88)68-62-56-52-51-54-60-66-78(6)9-3/h77-81,86H,7-76H2,1-6H3,(H,91,92)(H,93,94)/t78?,79-,80-,81-/m1/s1. The number of carbonyl (C=O) groups excluding carboxylic acids is 4. The van der Waals surface area contributed by atoms with Gasteiger partial charge in [-0.3, -0.25) is 37.3 Å². The van der Waals surface area contributed by atoms with Crippen LogP contribution in [0.3, 0.4) is 0 Å². The molecule has 0 aliphatic heterocycles. The minimum Gasteiger partial charge on any atom is -0.462 e. The van der Waals surface area contributed by atoms with Crippen LogP contribution in [0.2, 0.25) is 0 Å². The van der Waals surface area contributed by atoms with Gasteiger partial charge in [0, 0.05) is 25.7 Å². The maximum absolute atomic E-state index is 13.1. The number of unbranched alkanes of at least 4 members (excludes halogenated alkanes) is 53. The van der Waals surface area contributed by atoms with Gasteiger partial charge >= 0.3 is 39.5 Å². The molecule has 104 heavy (non-hydrogen) atoms. The smallest absolute Gasteiger partial charge is 0.462 e. The predicted octanol–water partition coefficient (Wildman–Crippen LogP) is 25.8. The number of hydrogen-bond acceptors (Lipinski definition) is 15. The third kappa shape index (κ3) is 76.8. The Morgan fingerprint density at radius 2 is 0.490 bits per heavy atom. The zero-order chi connectivity index (χ0) is 76.4. The lowest BCUT2D eigenvalue weighted by atomic mass is 10.00. The van der Waals surface area contributed by atoms with Gasteiger partial charge in [-0.05, 0) is 37.5 Å². The van der Waals surface area contributed by atoms with Crippen molar-refractivity contribution in [2.45, 2.75) is 471 Å². The molecular weight excluding hydrogens is 1350 g/mol. The first-order chi connectivity index (χ1) is 50.4. The molecule has 0 fully saturated rings. The highest BCUT2D eigenvalue weighted by atomic mass is 31.2. The van der Waals surface area contributed by atoms with E-state index in [0.29, 0.717) is 31.6 Å². The van der Waals surface area contributed by atoms with Crippen LogP contribution >= 0.6 is 15.6 Å². The molecule has 0 aliphatic carbocycles. The molecule has 3 unspecified atom stereocenters. The van der Waals surface area contributed by atoms with E-state index in [1.807, 2.05) is 0 Å². The quantitative estimate of drug-likeness (QED) is 0.0222. The number of aliphatic hydroxyl groups excluding tert-OH is 1. The van der Waals surface area contributed by atoms with Crippen molar-refractivity contribution in [3.05, 3.63) is 0 Å². The van der Waals surface area contributed by atoms with Gasteiger partial charge < -0.3 is 33.8 Å². The molecule has 0 heterocycles. The van der Waals surface area contributed by atoms with Crippen LogP contribution in [-0.4, -0.2) is 96.7 Å². The van der Waals surface area contributed by atoms with Gasteiger partial charge in [-0.15, -0.1) is 0 Å². The Kier molecular flexibility index (Phi) is 75.0. The van der Waals surface area contributed by atoms with Gasteiger partial charge in [0.2, 0.25) is 0 Å². The van der Waals surface area contributed by atoms with E-state index in [1.165, 1.54) is 263 Å². The van der Waals surface area contributed by atoms with Gasteiger partial charge in [-0.2, -0.15) is 0 Å². The molecule has 0 aromatic rings. The van der Waals surface area contributed by atoms with Crippen LogP contribution in [0.5, 0.6) is 0 Å². The van der Waals surface area contributed by atoms with Crippen molar-refractivity contribution in [2.75, 3.05) is 39.6 Å². The molecule has 0 aromatic heterocycles. The largest absolute Gasteiger partial charge is 0.472 e. The summed E-state index contributed by atoms with van der Waals surface area (Å²) in [5.41, 5.74) is 0. The normalized spacial score (nSPS) is 14.1. The van der Waals surface area contributed by atoms with Crippen LogP contribution in [-0.2, 0) is 65.4 Å². The average molecular weight is 1520 g/mol. The van der Waals surface area contributed by atoms with E-state index in [2.05, 4.69) is 41.5 Å². The lowest BCUT2D eigenvalue weighted by molar-refractivity contribution is -0.161. The van der Waals surface area contributed by atoms with E-state index in [1.54, 1.807) is 0 Å². The summed E-state index contributed by atoms with van der Waals surface area (Å²) in [4.78, 5) is 73.0. The highest BCUT2D eigenvalue weighted by Gasteiger charge is 2.30. The first kappa shape index (κ1) is 102. The Labute approximate surface area is 638 Å². The van der Waals surface area contributed by atoms with Gasteiger partial charge in [0.1, 0.15) is 19.3 Å². The first-order valence-electron chi connectivity index (χ1n) is 44.0. The average Bonchev–Trinajstić information content (AvgIpc) is 0.904. The number of phosphoric acid groups is 2. The Morgan fingerprint density at radius 3 is 0.731 bits per heavy atom. The van der Waals surface area contributed by atoms with E-state index in [0.717, 1.165) is 102 Å². The summed E-state index contributed by atoms with van der Waals surface area (Å²) < 4.78 is 68.7. The van der Waals surface area contributed by atoms with E-state index >= 15 is 0 Å². The Bertz CT molecular complexity index is 2000. The summed E-state index contributed by atoms with van der Waals surface area (Å²) in [6.45, 7) is 9.53. The number of aliphatic hydroxyl groups is 1. The molecule has 6 atom stereocenters. The molecule has 0 saturated carbocycles. The zero-order valence-electron chi connectivity index (χ0n) is 68.3. The Hall–Kier alpha value is -1.94. The second-order valence-electron chi connectivity index (χ2n) is 31.3. The SMILES string of the molecule is CCCCCCCCCCCCCCCCCCCCCCCCC(=O)OC[C@H](COP(=O)(O)OC[C@@H](O)COP(=O)(O)OC[C@@H](COC(=O)CCCCCCCCC(C)CC)OC(=O)CCCCCCCCCC(C)C)OC(=O)CCCCCCCCCCCCCCCCCCCCCCCC. The molecule has 17 nitrogen and oxygen atoms in total. The highest BCUT2D eigenvalue weighted by Crippen LogP contribution is 2.45. The molecular formula is C85H166O17P2. The molecule has 19 heteroatoms. The summed E-state index contributed by atoms with van der Waals surface area (Å²) in [6.07, 6.45) is 68.6. The van der Waals surface area contributed by atoms with Crippen LogP contribution in [0.25, 0.3) is 0 Å². The first-order valence-corrected chi connectivity index (χ1v) is 47.0. The lowest BCUT2D eigenvalue weighted by Gasteiger charge is -2.21. The van der Waals surface area contributed by atoms with E-state index in [-0.39, 0.29) is 25.7 Å². The maximum atomic E-state index is 13.1. The predicted molar refractivity (Wildman–Crippen MR) is 428 cm³/mol. The van der Waals surface area contributed by atoms with Crippen LogP contribution in [0, 0.1) is 11.8 Å². The second-order valence-corrected chi connectivity index (χ2v) is 34.2. The third-order valence-corrected chi connectivity index (χ3v) is 22.2. The summed E-state index contributed by atoms with van der Waals surface area (Å²) in [6, 6.07) is 0. The maximum Gasteiger partial charge on any atom is 0.472 e. The molecule has 0 saturated heterocycles. The number of hydrogen-bond donors (Lipinski definition) is 3. The van der Waals surface area contributed by atoms with Gasteiger partial charge in [-0.1, -0.05) is 401 Å². The Balaban J connectivity index is 5.16. The topological polar surface area (TPSA) is 237 Å². The monoisotopic (exact) mass is 1520 g/mol. The minimum absolute atomic E-state index is 0.103. The van der Waals surface area contributed by atoms with Crippen LogP contribution in [0.15, 0.2) is 0 Å².